The second kappa shape index (κ2) is 4.18. The highest BCUT2D eigenvalue weighted by Gasteiger charge is 2.06. The molecule has 0 atom stereocenters. The van der Waals surface area contributed by atoms with Crippen molar-refractivity contribution in [3.05, 3.63) is 73.2 Å². The molecule has 0 radical (unpaired) electrons. The predicted molar refractivity (Wildman–Crippen MR) is 98.5 cm³/mol. The zero-order chi connectivity index (χ0) is 15.7. The van der Waals surface area contributed by atoms with Crippen molar-refractivity contribution in [1.82, 2.24) is 0 Å². The van der Waals surface area contributed by atoms with E-state index >= 15 is 0 Å². The van der Waals surface area contributed by atoms with Gasteiger partial charge in [0.2, 0.25) is 0 Å². The van der Waals surface area contributed by atoms with Gasteiger partial charge in [-0.3, -0.25) is 0 Å². The molecular formula is C22H12O2. The predicted octanol–water partition coefficient (Wildman–Crippen LogP) is 6.64. The SMILES string of the molecule is c1cc2cc3cc4cc5cc6occc6cc5cc4cc3cc2o1. The average Bonchev–Trinajstić information content (AvgIpc) is 3.22. The molecule has 0 aliphatic carbocycles. The van der Waals surface area contributed by atoms with Crippen LogP contribution in [0.25, 0.3) is 54.3 Å². The molecule has 0 saturated heterocycles. The van der Waals surface area contributed by atoms with Crippen molar-refractivity contribution in [2.75, 3.05) is 0 Å². The topological polar surface area (TPSA) is 26.3 Å². The van der Waals surface area contributed by atoms with Gasteiger partial charge in [-0.25, -0.2) is 0 Å². The van der Waals surface area contributed by atoms with Crippen molar-refractivity contribution in [3.8, 4) is 0 Å². The standard InChI is InChI=1S/C22H12O2/c1-3-23-21-11-19-9-18-8-16-6-14-2-4-24-22(14)12-20(16)10-17(18)7-15(19)5-13(1)21/h1-12H. The quantitative estimate of drug-likeness (QED) is 0.294. The van der Waals surface area contributed by atoms with E-state index in [0.717, 1.165) is 21.9 Å². The number of hydrogen-bond acceptors (Lipinski definition) is 2. The number of furan rings is 2. The highest BCUT2D eigenvalue weighted by Crippen LogP contribution is 2.32. The Bertz CT molecular complexity index is 1190. The number of benzene rings is 4. The lowest BCUT2D eigenvalue weighted by molar-refractivity contribution is 0.616. The van der Waals surface area contributed by atoms with Crippen LogP contribution in [0.2, 0.25) is 0 Å². The summed E-state index contributed by atoms with van der Waals surface area (Å²) in [5.41, 5.74) is 1.87. The summed E-state index contributed by atoms with van der Waals surface area (Å²) in [6, 6.07) is 21.6. The van der Waals surface area contributed by atoms with Crippen LogP contribution in [0.1, 0.15) is 0 Å². The zero-order valence-corrected chi connectivity index (χ0v) is 12.7. The second-order valence-corrected chi connectivity index (χ2v) is 6.37. The molecule has 6 aromatic rings. The van der Waals surface area contributed by atoms with E-state index in [4.69, 9.17) is 8.83 Å². The Labute approximate surface area is 136 Å². The molecule has 0 bridgehead atoms. The minimum absolute atomic E-state index is 0.933. The lowest BCUT2D eigenvalue weighted by atomic mass is 9.98. The minimum Gasteiger partial charge on any atom is -0.464 e. The van der Waals surface area contributed by atoms with E-state index in [1.807, 2.05) is 12.1 Å². The molecule has 24 heavy (non-hydrogen) atoms. The molecule has 2 heteroatoms. The van der Waals surface area contributed by atoms with Gasteiger partial charge in [-0.1, -0.05) is 0 Å². The summed E-state index contributed by atoms with van der Waals surface area (Å²) in [5.74, 6) is 0. The molecule has 0 aliphatic heterocycles. The summed E-state index contributed by atoms with van der Waals surface area (Å²) in [6.07, 6.45) is 3.49. The highest BCUT2D eigenvalue weighted by molar-refractivity contribution is 6.09. The molecule has 0 fully saturated rings. The summed E-state index contributed by atoms with van der Waals surface area (Å²) >= 11 is 0. The minimum atomic E-state index is 0.933. The molecule has 112 valence electrons. The van der Waals surface area contributed by atoms with Crippen molar-refractivity contribution in [1.29, 1.82) is 0 Å². The molecule has 0 unspecified atom stereocenters. The number of fused-ring (bicyclic) bond motifs is 5. The maximum Gasteiger partial charge on any atom is 0.134 e. The van der Waals surface area contributed by atoms with Crippen LogP contribution < -0.4 is 0 Å². The first-order valence-electron chi connectivity index (χ1n) is 7.99. The molecule has 4 aromatic carbocycles. The van der Waals surface area contributed by atoms with E-state index in [1.54, 1.807) is 12.5 Å². The molecular weight excluding hydrogens is 296 g/mol. The summed E-state index contributed by atoms with van der Waals surface area (Å²) in [5, 5.41) is 9.62. The fraction of sp³-hybridized carbons (Fsp3) is 0. The molecule has 0 N–H and O–H groups in total. The van der Waals surface area contributed by atoms with Crippen LogP contribution in [-0.4, -0.2) is 0 Å². The normalized spacial score (nSPS) is 12.2. The third-order valence-electron chi connectivity index (χ3n) is 4.89. The van der Waals surface area contributed by atoms with Crippen LogP contribution in [0, 0.1) is 0 Å². The molecule has 0 spiro atoms. The summed E-state index contributed by atoms with van der Waals surface area (Å²) in [7, 11) is 0. The average molecular weight is 308 g/mol. The van der Waals surface area contributed by atoms with Gasteiger partial charge in [0, 0.05) is 10.8 Å². The molecule has 2 aromatic heterocycles. The van der Waals surface area contributed by atoms with E-state index in [1.165, 1.54) is 32.3 Å². The number of hydrogen-bond donors (Lipinski definition) is 0. The highest BCUT2D eigenvalue weighted by atomic mass is 16.3. The Hall–Kier alpha value is -3.26. The van der Waals surface area contributed by atoms with E-state index < -0.39 is 0 Å². The molecule has 0 amide bonds. The molecule has 2 heterocycles. The van der Waals surface area contributed by atoms with Crippen molar-refractivity contribution in [2.24, 2.45) is 0 Å². The van der Waals surface area contributed by atoms with Crippen molar-refractivity contribution in [2.45, 2.75) is 0 Å². The fourth-order valence-corrected chi connectivity index (χ4v) is 3.67. The summed E-state index contributed by atoms with van der Waals surface area (Å²) in [4.78, 5) is 0. The van der Waals surface area contributed by atoms with Crippen molar-refractivity contribution < 1.29 is 8.83 Å². The first kappa shape index (κ1) is 12.2. The first-order valence-corrected chi connectivity index (χ1v) is 7.99. The Balaban J connectivity index is 1.76. The maximum atomic E-state index is 5.54. The van der Waals surface area contributed by atoms with Crippen LogP contribution >= 0.6 is 0 Å². The van der Waals surface area contributed by atoms with Crippen molar-refractivity contribution >= 4 is 54.3 Å². The third kappa shape index (κ3) is 1.60. The van der Waals surface area contributed by atoms with E-state index in [9.17, 15) is 0 Å². The van der Waals surface area contributed by atoms with Gasteiger partial charge in [0.05, 0.1) is 12.5 Å². The molecule has 0 saturated carbocycles. The van der Waals surface area contributed by atoms with E-state index in [0.29, 0.717) is 0 Å². The van der Waals surface area contributed by atoms with Crippen molar-refractivity contribution in [3.63, 3.8) is 0 Å². The Morgan fingerprint density at radius 2 is 0.708 bits per heavy atom. The Morgan fingerprint density at radius 3 is 1.12 bits per heavy atom. The van der Waals surface area contributed by atoms with Gasteiger partial charge in [0.1, 0.15) is 11.2 Å². The van der Waals surface area contributed by atoms with Gasteiger partial charge in [-0.15, -0.1) is 0 Å². The van der Waals surface area contributed by atoms with Gasteiger partial charge >= 0.3 is 0 Å². The van der Waals surface area contributed by atoms with Crippen LogP contribution in [0.4, 0.5) is 0 Å². The van der Waals surface area contributed by atoms with Gasteiger partial charge in [-0.05, 0) is 93.0 Å². The lowest BCUT2D eigenvalue weighted by Gasteiger charge is -2.06. The van der Waals surface area contributed by atoms with Crippen LogP contribution in [-0.2, 0) is 0 Å². The third-order valence-corrected chi connectivity index (χ3v) is 4.89. The van der Waals surface area contributed by atoms with Gasteiger partial charge in [0.25, 0.3) is 0 Å². The fourth-order valence-electron chi connectivity index (χ4n) is 3.67. The largest absolute Gasteiger partial charge is 0.464 e. The summed E-state index contributed by atoms with van der Waals surface area (Å²) < 4.78 is 11.1. The zero-order valence-electron chi connectivity index (χ0n) is 12.7. The number of rotatable bonds is 0. The summed E-state index contributed by atoms with van der Waals surface area (Å²) in [6.45, 7) is 0. The van der Waals surface area contributed by atoms with Gasteiger partial charge < -0.3 is 8.83 Å². The second-order valence-electron chi connectivity index (χ2n) is 6.37. The Kier molecular flexibility index (Phi) is 2.12. The molecule has 0 aliphatic rings. The maximum absolute atomic E-state index is 5.54. The Morgan fingerprint density at radius 1 is 0.375 bits per heavy atom. The lowest BCUT2D eigenvalue weighted by Crippen LogP contribution is -1.79. The first-order chi connectivity index (χ1) is 11.8. The van der Waals surface area contributed by atoms with Crippen LogP contribution in [0.5, 0.6) is 0 Å². The van der Waals surface area contributed by atoms with Gasteiger partial charge in [-0.2, -0.15) is 0 Å². The monoisotopic (exact) mass is 308 g/mol. The molecule has 6 rings (SSSR count). The molecule has 2 nitrogen and oxygen atoms in total. The van der Waals surface area contributed by atoms with Crippen LogP contribution in [0.15, 0.2) is 82.0 Å². The smallest absolute Gasteiger partial charge is 0.134 e. The van der Waals surface area contributed by atoms with E-state index in [-0.39, 0.29) is 0 Å². The van der Waals surface area contributed by atoms with Crippen LogP contribution in [0.3, 0.4) is 0 Å². The van der Waals surface area contributed by atoms with Gasteiger partial charge in [0.15, 0.2) is 0 Å². The van der Waals surface area contributed by atoms with E-state index in [2.05, 4.69) is 48.5 Å².